The molecule has 4 aromatic rings. The molecule has 1 heterocycles. The number of sulfonamides is 1. The molecule has 4 rings (SSSR count). The van der Waals surface area contributed by atoms with E-state index in [0.717, 1.165) is 21.0 Å². The van der Waals surface area contributed by atoms with Gasteiger partial charge in [0, 0.05) is 32.7 Å². The van der Waals surface area contributed by atoms with E-state index in [2.05, 4.69) is 6.07 Å². The molecule has 0 aliphatic carbocycles. The third kappa shape index (κ3) is 6.03. The molecule has 0 radical (unpaired) electrons. The van der Waals surface area contributed by atoms with Crippen LogP contribution in [0.2, 0.25) is 5.02 Å². The lowest BCUT2D eigenvalue weighted by molar-refractivity contribution is 0.0722. The molecule has 42 heavy (non-hydrogen) atoms. The van der Waals surface area contributed by atoms with Crippen molar-refractivity contribution in [1.82, 2.24) is 14.3 Å². The molecule has 222 valence electrons. The molecule has 0 unspecified atom stereocenters. The molecule has 0 aliphatic heterocycles. The fourth-order valence-corrected chi connectivity index (χ4v) is 6.84. The SMILES string of the molecule is Cc1ccc(CN(CC(C)C)C(=O)c2ccc(Cl)c(S(=O)(=O)N(C)c3c(C)n(C)n(-c4ccccc4)c3=O)c2)c(C)c1. The summed E-state index contributed by atoms with van der Waals surface area (Å²) in [5.41, 5.74) is 3.99. The molecule has 0 saturated heterocycles. The number of hydrogen-bond donors (Lipinski definition) is 0. The monoisotopic (exact) mass is 608 g/mol. The van der Waals surface area contributed by atoms with Crippen LogP contribution >= 0.6 is 11.6 Å². The molecule has 1 amide bonds. The maximum atomic E-state index is 14.0. The number of nitrogens with zero attached hydrogens (tertiary/aromatic N) is 4. The Balaban J connectivity index is 1.74. The first-order valence-corrected chi connectivity index (χ1v) is 15.5. The molecule has 3 aromatic carbocycles. The average molecular weight is 609 g/mol. The van der Waals surface area contributed by atoms with Crippen LogP contribution in [0.1, 0.15) is 46.6 Å². The largest absolute Gasteiger partial charge is 0.334 e. The Morgan fingerprint density at radius 1 is 0.976 bits per heavy atom. The van der Waals surface area contributed by atoms with Crippen LogP contribution in [0, 0.1) is 26.7 Å². The van der Waals surface area contributed by atoms with Crippen molar-refractivity contribution in [2.24, 2.45) is 13.0 Å². The van der Waals surface area contributed by atoms with Crippen molar-refractivity contribution < 1.29 is 13.2 Å². The number of aromatic nitrogens is 2. The number of carbonyl (C=O) groups is 1. The van der Waals surface area contributed by atoms with E-state index in [1.807, 2.05) is 45.9 Å². The Bertz CT molecular complexity index is 1790. The highest BCUT2D eigenvalue weighted by Crippen LogP contribution is 2.30. The van der Waals surface area contributed by atoms with Gasteiger partial charge in [-0.25, -0.2) is 13.1 Å². The van der Waals surface area contributed by atoms with E-state index in [1.54, 1.807) is 47.8 Å². The molecule has 1 aromatic heterocycles. The number of halogens is 1. The minimum Gasteiger partial charge on any atom is -0.334 e. The summed E-state index contributed by atoms with van der Waals surface area (Å²) in [5.74, 6) is -0.115. The van der Waals surface area contributed by atoms with Gasteiger partial charge >= 0.3 is 0 Å². The molecule has 10 heteroatoms. The number of hydrogen-bond acceptors (Lipinski definition) is 4. The van der Waals surface area contributed by atoms with Gasteiger partial charge < -0.3 is 4.90 Å². The zero-order valence-electron chi connectivity index (χ0n) is 25.1. The maximum Gasteiger partial charge on any atom is 0.296 e. The minimum atomic E-state index is -4.32. The molecule has 0 fully saturated rings. The van der Waals surface area contributed by atoms with Gasteiger partial charge in [-0.15, -0.1) is 0 Å². The first kappa shape index (κ1) is 31.1. The number of benzene rings is 3. The summed E-state index contributed by atoms with van der Waals surface area (Å²) in [7, 11) is -1.31. The van der Waals surface area contributed by atoms with E-state index in [-0.39, 0.29) is 33.0 Å². The van der Waals surface area contributed by atoms with Gasteiger partial charge in [0.25, 0.3) is 21.5 Å². The minimum absolute atomic E-state index is 0.00886. The van der Waals surface area contributed by atoms with E-state index in [9.17, 15) is 18.0 Å². The van der Waals surface area contributed by atoms with Crippen LogP contribution in [0.25, 0.3) is 5.69 Å². The van der Waals surface area contributed by atoms with Crippen molar-refractivity contribution in [2.75, 3.05) is 17.9 Å². The highest BCUT2D eigenvalue weighted by Gasteiger charge is 2.31. The lowest BCUT2D eigenvalue weighted by Crippen LogP contribution is -2.35. The summed E-state index contributed by atoms with van der Waals surface area (Å²) in [4.78, 5) is 28.9. The van der Waals surface area contributed by atoms with E-state index in [4.69, 9.17) is 11.6 Å². The maximum absolute atomic E-state index is 14.0. The Labute approximate surface area is 252 Å². The molecule has 8 nitrogen and oxygen atoms in total. The average Bonchev–Trinajstić information content (AvgIpc) is 3.16. The van der Waals surface area contributed by atoms with E-state index in [1.165, 1.54) is 29.9 Å². The van der Waals surface area contributed by atoms with Gasteiger partial charge in [0.15, 0.2) is 0 Å². The smallest absolute Gasteiger partial charge is 0.296 e. The first-order valence-electron chi connectivity index (χ1n) is 13.7. The molecular formula is C32H37ClN4O4S. The van der Waals surface area contributed by atoms with Gasteiger partial charge in [-0.05, 0) is 68.1 Å². The second kappa shape index (κ2) is 12.2. The molecule has 0 spiro atoms. The number of carbonyl (C=O) groups excluding carboxylic acids is 1. The van der Waals surface area contributed by atoms with E-state index in [0.29, 0.717) is 24.5 Å². The Kier molecular flexibility index (Phi) is 9.03. The van der Waals surface area contributed by atoms with Gasteiger partial charge in [-0.1, -0.05) is 67.4 Å². The van der Waals surface area contributed by atoms with Crippen molar-refractivity contribution in [2.45, 2.75) is 46.1 Å². The molecule has 0 aliphatic rings. The van der Waals surface area contributed by atoms with Crippen molar-refractivity contribution in [3.05, 3.63) is 110 Å². The summed E-state index contributed by atoms with van der Waals surface area (Å²) in [5, 5.41) is -0.0415. The molecule has 0 saturated carbocycles. The third-order valence-corrected chi connectivity index (χ3v) is 9.63. The van der Waals surface area contributed by atoms with Gasteiger partial charge in [0.2, 0.25) is 0 Å². The topological polar surface area (TPSA) is 84.6 Å². The van der Waals surface area contributed by atoms with Crippen molar-refractivity contribution in [1.29, 1.82) is 0 Å². The second-order valence-electron chi connectivity index (χ2n) is 11.0. The van der Waals surface area contributed by atoms with Gasteiger partial charge in [-0.2, -0.15) is 0 Å². The Morgan fingerprint density at radius 2 is 1.64 bits per heavy atom. The molecular weight excluding hydrogens is 572 g/mol. The van der Waals surface area contributed by atoms with Crippen LogP contribution in [-0.4, -0.2) is 42.2 Å². The summed E-state index contributed by atoms with van der Waals surface area (Å²) < 4.78 is 31.9. The Hall–Kier alpha value is -3.82. The van der Waals surface area contributed by atoms with Gasteiger partial charge in [-0.3, -0.25) is 18.6 Å². The molecule has 0 atom stereocenters. The summed E-state index contributed by atoms with van der Waals surface area (Å²) in [6.07, 6.45) is 0. The molecule has 0 bridgehead atoms. The summed E-state index contributed by atoms with van der Waals surface area (Å²) >= 11 is 6.44. The van der Waals surface area contributed by atoms with Crippen molar-refractivity contribution >= 4 is 33.2 Å². The lowest BCUT2D eigenvalue weighted by Gasteiger charge is -2.26. The number of rotatable bonds is 9. The fourth-order valence-electron chi connectivity index (χ4n) is 5.09. The van der Waals surface area contributed by atoms with Crippen LogP contribution in [0.4, 0.5) is 5.69 Å². The van der Waals surface area contributed by atoms with Crippen molar-refractivity contribution in [3.63, 3.8) is 0 Å². The number of aryl methyl sites for hydroxylation is 2. The lowest BCUT2D eigenvalue weighted by atomic mass is 10.0. The number of amides is 1. The highest BCUT2D eigenvalue weighted by molar-refractivity contribution is 7.93. The third-order valence-electron chi connectivity index (χ3n) is 7.39. The fraction of sp³-hybridized carbons (Fsp3) is 0.312. The summed E-state index contributed by atoms with van der Waals surface area (Å²) in [6.45, 7) is 10.6. The van der Waals surface area contributed by atoms with Crippen LogP contribution in [-0.2, 0) is 23.6 Å². The standard InChI is InChI=1S/C32H37ClN4O4S/c1-21(2)19-36(20-26-14-13-22(3)17-23(26)4)31(38)25-15-16-28(33)29(18-25)42(40,41)35(7)30-24(5)34(6)37(32(30)39)27-11-9-8-10-12-27/h8-18,21H,19-20H2,1-7H3. The quantitative estimate of drug-likeness (QED) is 0.238. The van der Waals surface area contributed by atoms with Crippen LogP contribution in [0.15, 0.2) is 76.4 Å². The molecule has 0 N–H and O–H groups in total. The van der Waals surface area contributed by atoms with Crippen LogP contribution in [0.5, 0.6) is 0 Å². The highest BCUT2D eigenvalue weighted by atomic mass is 35.5. The van der Waals surface area contributed by atoms with Gasteiger partial charge in [0.05, 0.1) is 16.4 Å². The predicted octanol–water partition coefficient (Wildman–Crippen LogP) is 5.88. The zero-order valence-corrected chi connectivity index (χ0v) is 26.6. The number of para-hydroxylation sites is 1. The predicted molar refractivity (Wildman–Crippen MR) is 168 cm³/mol. The first-order chi connectivity index (χ1) is 19.7. The second-order valence-corrected chi connectivity index (χ2v) is 13.4. The van der Waals surface area contributed by atoms with E-state index >= 15 is 0 Å². The van der Waals surface area contributed by atoms with Crippen LogP contribution in [0.3, 0.4) is 0 Å². The van der Waals surface area contributed by atoms with Crippen LogP contribution < -0.4 is 9.86 Å². The Morgan fingerprint density at radius 3 is 2.26 bits per heavy atom. The van der Waals surface area contributed by atoms with Crippen molar-refractivity contribution in [3.8, 4) is 5.69 Å². The number of anilines is 1. The summed E-state index contributed by atoms with van der Waals surface area (Å²) in [6, 6.07) is 19.3. The van der Waals surface area contributed by atoms with Gasteiger partial charge in [0.1, 0.15) is 10.6 Å². The normalized spacial score (nSPS) is 11.6. The van der Waals surface area contributed by atoms with E-state index < -0.39 is 15.6 Å². The zero-order chi connectivity index (χ0) is 30.9.